The van der Waals surface area contributed by atoms with Crippen molar-refractivity contribution in [2.75, 3.05) is 20.2 Å². The van der Waals surface area contributed by atoms with Crippen molar-refractivity contribution in [1.29, 1.82) is 0 Å². The van der Waals surface area contributed by atoms with E-state index in [1.54, 1.807) is 17.3 Å². The molecule has 0 radical (unpaired) electrons. The Kier molecular flexibility index (Phi) is 4.86. The number of carbonyl (C=O) groups excluding carboxylic acids is 1. The summed E-state index contributed by atoms with van der Waals surface area (Å²) >= 11 is 0. The molecule has 0 bridgehead atoms. The molecule has 8 heteroatoms. The lowest BCUT2D eigenvalue weighted by Gasteiger charge is -2.32. The second kappa shape index (κ2) is 7.61. The number of para-hydroxylation sites is 1. The summed E-state index contributed by atoms with van der Waals surface area (Å²) in [5.41, 5.74) is 1.35. The quantitative estimate of drug-likeness (QED) is 0.682. The van der Waals surface area contributed by atoms with E-state index in [1.807, 2.05) is 24.3 Å². The Morgan fingerprint density at radius 3 is 2.93 bits per heavy atom. The zero-order valence-corrected chi connectivity index (χ0v) is 15.0. The third kappa shape index (κ3) is 3.69. The molecule has 0 N–H and O–H groups in total. The minimum absolute atomic E-state index is 0.00784. The highest BCUT2D eigenvalue weighted by atomic mass is 16.5. The standard InChI is InChI=1S/C19H20N4O4/c1-25-18-19(21-9-8-20-18)26-13-5-4-10-23(12-13)17(24)11-15-14-6-2-3-7-16(14)27-22-15/h2-3,6-9,13H,4-5,10-12H2,1H3. The number of hydrogen-bond donors (Lipinski definition) is 0. The summed E-state index contributed by atoms with van der Waals surface area (Å²) in [5.74, 6) is 0.699. The molecule has 3 aromatic rings. The Bertz CT molecular complexity index is 942. The molecule has 8 nitrogen and oxygen atoms in total. The zero-order valence-electron chi connectivity index (χ0n) is 15.0. The number of carbonyl (C=O) groups is 1. The van der Waals surface area contributed by atoms with Gasteiger partial charge in [-0.25, -0.2) is 9.97 Å². The minimum atomic E-state index is -0.151. The Labute approximate surface area is 156 Å². The van der Waals surface area contributed by atoms with Crippen LogP contribution >= 0.6 is 0 Å². The largest absolute Gasteiger partial charge is 0.477 e. The number of methoxy groups -OCH3 is 1. The van der Waals surface area contributed by atoms with Crippen LogP contribution < -0.4 is 9.47 Å². The summed E-state index contributed by atoms with van der Waals surface area (Å²) in [7, 11) is 1.52. The molecule has 1 aromatic carbocycles. The van der Waals surface area contributed by atoms with E-state index in [9.17, 15) is 4.79 Å². The van der Waals surface area contributed by atoms with Gasteiger partial charge in [0, 0.05) is 24.3 Å². The van der Waals surface area contributed by atoms with Gasteiger partial charge in [-0.05, 0) is 25.0 Å². The number of nitrogens with zero attached hydrogens (tertiary/aromatic N) is 4. The Hall–Kier alpha value is -3.16. The Morgan fingerprint density at radius 1 is 1.26 bits per heavy atom. The van der Waals surface area contributed by atoms with Crippen LogP contribution in [0, 0.1) is 0 Å². The highest BCUT2D eigenvalue weighted by Gasteiger charge is 2.27. The van der Waals surface area contributed by atoms with Gasteiger partial charge >= 0.3 is 0 Å². The lowest BCUT2D eigenvalue weighted by molar-refractivity contribution is -0.133. The van der Waals surface area contributed by atoms with E-state index in [-0.39, 0.29) is 18.4 Å². The molecule has 0 aliphatic carbocycles. The van der Waals surface area contributed by atoms with E-state index in [0.717, 1.165) is 18.2 Å². The number of ether oxygens (including phenoxy) is 2. The first-order chi connectivity index (χ1) is 13.2. The molecule has 140 valence electrons. The number of hydrogen-bond acceptors (Lipinski definition) is 7. The second-order valence-electron chi connectivity index (χ2n) is 6.39. The van der Waals surface area contributed by atoms with Gasteiger partial charge in [0.15, 0.2) is 5.58 Å². The van der Waals surface area contributed by atoms with Crippen molar-refractivity contribution in [3.05, 3.63) is 42.4 Å². The number of piperidine rings is 1. The van der Waals surface area contributed by atoms with Crippen molar-refractivity contribution < 1.29 is 18.8 Å². The molecule has 1 atom stereocenters. The number of aromatic nitrogens is 3. The second-order valence-corrected chi connectivity index (χ2v) is 6.39. The molecule has 1 aliphatic heterocycles. The fourth-order valence-electron chi connectivity index (χ4n) is 3.27. The van der Waals surface area contributed by atoms with Crippen LogP contribution in [0.5, 0.6) is 11.8 Å². The SMILES string of the molecule is COc1nccnc1OC1CCCN(C(=O)Cc2noc3ccccc23)C1. The van der Waals surface area contributed by atoms with Crippen molar-refractivity contribution in [3.63, 3.8) is 0 Å². The van der Waals surface area contributed by atoms with E-state index in [2.05, 4.69) is 15.1 Å². The molecule has 1 fully saturated rings. The fourth-order valence-corrected chi connectivity index (χ4v) is 3.27. The maximum atomic E-state index is 12.8. The van der Waals surface area contributed by atoms with Gasteiger partial charge in [0.1, 0.15) is 11.8 Å². The van der Waals surface area contributed by atoms with Crippen LogP contribution in [0.1, 0.15) is 18.5 Å². The Balaban J connectivity index is 1.42. The fraction of sp³-hybridized carbons (Fsp3) is 0.368. The average molecular weight is 368 g/mol. The monoisotopic (exact) mass is 368 g/mol. The van der Waals surface area contributed by atoms with Crippen LogP contribution in [-0.4, -0.2) is 52.2 Å². The molecule has 4 rings (SSSR count). The smallest absolute Gasteiger partial charge is 0.278 e. The van der Waals surface area contributed by atoms with Crippen LogP contribution in [0.2, 0.25) is 0 Å². The predicted molar refractivity (Wildman–Crippen MR) is 96.5 cm³/mol. The van der Waals surface area contributed by atoms with Crippen LogP contribution in [0.25, 0.3) is 11.0 Å². The number of benzene rings is 1. The van der Waals surface area contributed by atoms with Crippen LogP contribution in [0.3, 0.4) is 0 Å². The molecule has 1 amide bonds. The van der Waals surface area contributed by atoms with Gasteiger partial charge in [0.05, 0.1) is 20.1 Å². The summed E-state index contributed by atoms with van der Waals surface area (Å²) in [6.07, 6.45) is 4.86. The minimum Gasteiger partial charge on any atom is -0.477 e. The van der Waals surface area contributed by atoms with Gasteiger partial charge in [-0.2, -0.15) is 0 Å². The topological polar surface area (TPSA) is 90.6 Å². The first-order valence-electron chi connectivity index (χ1n) is 8.87. The van der Waals surface area contributed by atoms with Crippen LogP contribution in [-0.2, 0) is 11.2 Å². The van der Waals surface area contributed by atoms with Crippen molar-refractivity contribution in [2.24, 2.45) is 0 Å². The number of amides is 1. The van der Waals surface area contributed by atoms with Crippen LogP contribution in [0.15, 0.2) is 41.2 Å². The summed E-state index contributed by atoms with van der Waals surface area (Å²) in [5, 5.41) is 4.93. The molecular weight excluding hydrogens is 348 g/mol. The lowest BCUT2D eigenvalue weighted by Crippen LogP contribution is -2.45. The van der Waals surface area contributed by atoms with E-state index in [4.69, 9.17) is 14.0 Å². The van der Waals surface area contributed by atoms with Crippen molar-refractivity contribution in [2.45, 2.75) is 25.4 Å². The summed E-state index contributed by atoms with van der Waals surface area (Å²) in [6.45, 7) is 1.19. The van der Waals surface area contributed by atoms with Crippen molar-refractivity contribution >= 4 is 16.9 Å². The normalized spacial score (nSPS) is 17.1. The van der Waals surface area contributed by atoms with Gasteiger partial charge in [-0.1, -0.05) is 17.3 Å². The lowest BCUT2D eigenvalue weighted by atomic mass is 10.1. The number of likely N-dealkylation sites (tertiary alicyclic amines) is 1. The van der Waals surface area contributed by atoms with Crippen molar-refractivity contribution in [1.82, 2.24) is 20.0 Å². The van der Waals surface area contributed by atoms with E-state index >= 15 is 0 Å². The molecule has 3 heterocycles. The highest BCUT2D eigenvalue weighted by molar-refractivity contribution is 5.86. The van der Waals surface area contributed by atoms with E-state index < -0.39 is 0 Å². The van der Waals surface area contributed by atoms with Gasteiger partial charge < -0.3 is 18.9 Å². The summed E-state index contributed by atoms with van der Waals surface area (Å²) in [6, 6.07) is 7.55. The third-order valence-electron chi connectivity index (χ3n) is 4.61. The predicted octanol–water partition coefficient (Wildman–Crippen LogP) is 2.24. The van der Waals surface area contributed by atoms with Crippen LogP contribution in [0.4, 0.5) is 0 Å². The van der Waals surface area contributed by atoms with Gasteiger partial charge in [0.25, 0.3) is 11.8 Å². The first kappa shape index (κ1) is 17.3. The van der Waals surface area contributed by atoms with Gasteiger partial charge in [0.2, 0.25) is 5.91 Å². The molecule has 1 unspecified atom stereocenters. The molecular formula is C19H20N4O4. The zero-order chi connectivity index (χ0) is 18.6. The summed E-state index contributed by atoms with van der Waals surface area (Å²) in [4.78, 5) is 22.8. The van der Waals surface area contributed by atoms with Crippen molar-refractivity contribution in [3.8, 4) is 11.8 Å². The van der Waals surface area contributed by atoms with Gasteiger partial charge in [-0.15, -0.1) is 0 Å². The molecule has 27 heavy (non-hydrogen) atoms. The Morgan fingerprint density at radius 2 is 2.07 bits per heavy atom. The molecule has 1 aliphatic rings. The highest BCUT2D eigenvalue weighted by Crippen LogP contribution is 2.24. The average Bonchev–Trinajstić information content (AvgIpc) is 3.11. The number of rotatable bonds is 5. The summed E-state index contributed by atoms with van der Waals surface area (Å²) < 4.78 is 16.4. The maximum absolute atomic E-state index is 12.8. The third-order valence-corrected chi connectivity index (χ3v) is 4.61. The van der Waals surface area contributed by atoms with E-state index in [0.29, 0.717) is 36.1 Å². The van der Waals surface area contributed by atoms with E-state index in [1.165, 1.54) is 7.11 Å². The maximum Gasteiger partial charge on any atom is 0.278 e. The van der Waals surface area contributed by atoms with Gasteiger partial charge in [-0.3, -0.25) is 4.79 Å². The molecule has 0 saturated carbocycles. The molecule has 0 spiro atoms. The molecule has 2 aromatic heterocycles. The number of fused-ring (bicyclic) bond motifs is 1. The molecule has 1 saturated heterocycles. The first-order valence-corrected chi connectivity index (χ1v) is 8.87.